The Morgan fingerprint density at radius 3 is 2.56 bits per heavy atom. The largest absolute Gasteiger partial charge is 0.497 e. The van der Waals surface area contributed by atoms with Crippen LogP contribution in [-0.2, 0) is 0 Å². The van der Waals surface area contributed by atoms with E-state index < -0.39 is 0 Å². The lowest BCUT2D eigenvalue weighted by Crippen LogP contribution is -1.88. The van der Waals surface area contributed by atoms with Gasteiger partial charge in [0.15, 0.2) is 0 Å². The fraction of sp³-hybridized carbons (Fsp3) is 0.0769. The van der Waals surface area contributed by atoms with Crippen LogP contribution >= 0.6 is 0 Å². The molecule has 0 radical (unpaired) electrons. The lowest BCUT2D eigenvalue weighted by Gasteiger charge is -2.04. The van der Waals surface area contributed by atoms with E-state index in [9.17, 15) is 0 Å². The number of benzene rings is 1. The lowest BCUT2D eigenvalue weighted by molar-refractivity contribution is 0.415. The van der Waals surface area contributed by atoms with Crippen LogP contribution in [0, 0.1) is 11.3 Å². The van der Waals surface area contributed by atoms with E-state index in [1.807, 2.05) is 24.3 Å². The third-order valence-electron chi connectivity index (χ3n) is 2.29. The highest BCUT2D eigenvalue weighted by molar-refractivity contribution is 5.66. The summed E-state index contributed by atoms with van der Waals surface area (Å²) < 4.78 is 5.08. The van der Waals surface area contributed by atoms with Gasteiger partial charge in [-0.15, -0.1) is 0 Å². The Hall–Kier alpha value is -2.34. The molecule has 3 nitrogen and oxygen atoms in total. The first kappa shape index (κ1) is 10.2. The van der Waals surface area contributed by atoms with Crippen molar-refractivity contribution in [3.05, 3.63) is 48.2 Å². The van der Waals surface area contributed by atoms with Crippen molar-refractivity contribution in [2.45, 2.75) is 0 Å². The van der Waals surface area contributed by atoms with Gasteiger partial charge in [0.1, 0.15) is 11.8 Å². The predicted molar refractivity (Wildman–Crippen MR) is 60.9 cm³/mol. The minimum Gasteiger partial charge on any atom is -0.497 e. The summed E-state index contributed by atoms with van der Waals surface area (Å²) in [7, 11) is 1.62. The molecule has 2 rings (SSSR count). The summed E-state index contributed by atoms with van der Waals surface area (Å²) in [5.74, 6) is 0.790. The number of pyridine rings is 1. The predicted octanol–water partition coefficient (Wildman–Crippen LogP) is 2.63. The standard InChI is InChI=1S/C13H10N2O/c1-16-12-6-4-10(5-7-12)13-11(9-14)3-2-8-15-13/h2-8H,1H3. The highest BCUT2D eigenvalue weighted by Gasteiger charge is 2.05. The maximum Gasteiger partial charge on any atom is 0.118 e. The van der Waals surface area contributed by atoms with Crippen LogP contribution in [0.5, 0.6) is 5.75 Å². The van der Waals surface area contributed by atoms with E-state index in [-0.39, 0.29) is 0 Å². The molecule has 78 valence electrons. The Labute approximate surface area is 93.9 Å². The number of ether oxygens (including phenoxy) is 1. The number of rotatable bonds is 2. The van der Waals surface area contributed by atoms with Crippen LogP contribution in [0.3, 0.4) is 0 Å². The SMILES string of the molecule is COc1ccc(-c2ncccc2C#N)cc1. The minimum atomic E-state index is 0.577. The molecule has 1 heterocycles. The second-order valence-electron chi connectivity index (χ2n) is 3.24. The topological polar surface area (TPSA) is 45.9 Å². The van der Waals surface area contributed by atoms with Gasteiger partial charge in [-0.05, 0) is 36.4 Å². The third kappa shape index (κ3) is 1.86. The molecule has 0 saturated carbocycles. The summed E-state index contributed by atoms with van der Waals surface area (Å²) in [6.07, 6.45) is 1.68. The Morgan fingerprint density at radius 1 is 1.19 bits per heavy atom. The van der Waals surface area contributed by atoms with Gasteiger partial charge in [0.2, 0.25) is 0 Å². The van der Waals surface area contributed by atoms with E-state index in [4.69, 9.17) is 10.00 Å². The van der Waals surface area contributed by atoms with E-state index in [2.05, 4.69) is 11.1 Å². The summed E-state index contributed by atoms with van der Waals surface area (Å²) in [6.45, 7) is 0. The van der Waals surface area contributed by atoms with Gasteiger partial charge in [-0.3, -0.25) is 4.98 Å². The van der Waals surface area contributed by atoms with Crippen LogP contribution in [0.15, 0.2) is 42.6 Å². The first-order chi connectivity index (χ1) is 7.85. The number of nitrogens with zero attached hydrogens (tertiary/aromatic N) is 2. The van der Waals surface area contributed by atoms with E-state index in [1.54, 1.807) is 25.4 Å². The molecular weight excluding hydrogens is 200 g/mol. The molecule has 0 aliphatic rings. The van der Waals surface area contributed by atoms with Crippen LogP contribution in [0.4, 0.5) is 0 Å². The molecule has 0 amide bonds. The summed E-state index contributed by atoms with van der Waals surface area (Å²) in [5, 5.41) is 8.97. The molecule has 0 aliphatic carbocycles. The number of hydrogen-bond acceptors (Lipinski definition) is 3. The quantitative estimate of drug-likeness (QED) is 0.765. The normalized spacial score (nSPS) is 9.50. The fourth-order valence-corrected chi connectivity index (χ4v) is 1.47. The van der Waals surface area contributed by atoms with Gasteiger partial charge < -0.3 is 4.74 Å². The van der Waals surface area contributed by atoms with Crippen molar-refractivity contribution >= 4 is 0 Å². The number of aromatic nitrogens is 1. The molecule has 0 N–H and O–H groups in total. The molecule has 16 heavy (non-hydrogen) atoms. The highest BCUT2D eigenvalue weighted by Crippen LogP contribution is 2.22. The van der Waals surface area contributed by atoms with Crippen molar-refractivity contribution in [3.8, 4) is 23.1 Å². The van der Waals surface area contributed by atoms with E-state index in [0.29, 0.717) is 11.3 Å². The molecule has 1 aromatic heterocycles. The van der Waals surface area contributed by atoms with Crippen LogP contribution in [-0.4, -0.2) is 12.1 Å². The molecule has 0 spiro atoms. The second kappa shape index (κ2) is 4.45. The zero-order valence-electron chi connectivity index (χ0n) is 8.84. The Morgan fingerprint density at radius 2 is 1.94 bits per heavy atom. The molecule has 0 atom stereocenters. The monoisotopic (exact) mass is 210 g/mol. The summed E-state index contributed by atoms with van der Waals surface area (Å²) in [4.78, 5) is 4.21. The Balaban J connectivity index is 2.47. The van der Waals surface area contributed by atoms with Crippen molar-refractivity contribution < 1.29 is 4.74 Å². The zero-order chi connectivity index (χ0) is 11.4. The van der Waals surface area contributed by atoms with Gasteiger partial charge in [-0.2, -0.15) is 5.26 Å². The van der Waals surface area contributed by atoms with Gasteiger partial charge in [0.05, 0.1) is 18.4 Å². The summed E-state index contributed by atoms with van der Waals surface area (Å²) >= 11 is 0. The smallest absolute Gasteiger partial charge is 0.118 e. The number of methoxy groups -OCH3 is 1. The molecule has 2 aromatic rings. The second-order valence-corrected chi connectivity index (χ2v) is 3.24. The number of nitriles is 1. The Kier molecular flexibility index (Phi) is 2.84. The van der Waals surface area contributed by atoms with Crippen LogP contribution in [0.2, 0.25) is 0 Å². The highest BCUT2D eigenvalue weighted by atomic mass is 16.5. The van der Waals surface area contributed by atoms with Crippen molar-refractivity contribution in [1.29, 1.82) is 5.26 Å². The number of hydrogen-bond donors (Lipinski definition) is 0. The first-order valence-corrected chi connectivity index (χ1v) is 4.84. The summed E-state index contributed by atoms with van der Waals surface area (Å²) in [6, 6.07) is 13.1. The average molecular weight is 210 g/mol. The molecule has 0 bridgehead atoms. The van der Waals surface area contributed by atoms with Gasteiger partial charge in [-0.1, -0.05) is 0 Å². The molecule has 0 unspecified atom stereocenters. The average Bonchev–Trinajstić information content (AvgIpc) is 2.39. The fourth-order valence-electron chi connectivity index (χ4n) is 1.47. The van der Waals surface area contributed by atoms with E-state index in [1.165, 1.54) is 0 Å². The van der Waals surface area contributed by atoms with Crippen LogP contribution in [0.1, 0.15) is 5.56 Å². The van der Waals surface area contributed by atoms with Crippen molar-refractivity contribution in [2.75, 3.05) is 7.11 Å². The van der Waals surface area contributed by atoms with Gasteiger partial charge in [-0.25, -0.2) is 0 Å². The lowest BCUT2D eigenvalue weighted by atomic mass is 10.1. The van der Waals surface area contributed by atoms with Gasteiger partial charge in [0, 0.05) is 11.8 Å². The minimum absolute atomic E-state index is 0.577. The van der Waals surface area contributed by atoms with Crippen molar-refractivity contribution in [2.24, 2.45) is 0 Å². The molecule has 0 saturated heterocycles. The van der Waals surface area contributed by atoms with Gasteiger partial charge in [0.25, 0.3) is 0 Å². The molecule has 0 aliphatic heterocycles. The summed E-state index contributed by atoms with van der Waals surface area (Å²) in [5.41, 5.74) is 2.19. The Bertz CT molecular complexity index is 526. The van der Waals surface area contributed by atoms with Crippen molar-refractivity contribution in [3.63, 3.8) is 0 Å². The molecule has 1 aromatic carbocycles. The van der Waals surface area contributed by atoms with Gasteiger partial charge >= 0.3 is 0 Å². The third-order valence-corrected chi connectivity index (χ3v) is 2.29. The van der Waals surface area contributed by atoms with Crippen LogP contribution in [0.25, 0.3) is 11.3 Å². The first-order valence-electron chi connectivity index (χ1n) is 4.84. The van der Waals surface area contributed by atoms with Crippen molar-refractivity contribution in [1.82, 2.24) is 4.98 Å². The van der Waals surface area contributed by atoms with E-state index in [0.717, 1.165) is 11.3 Å². The maximum atomic E-state index is 8.97. The zero-order valence-corrected chi connectivity index (χ0v) is 8.84. The molecule has 0 fully saturated rings. The molecule has 3 heteroatoms. The maximum absolute atomic E-state index is 8.97. The molecular formula is C13H10N2O. The van der Waals surface area contributed by atoms with E-state index >= 15 is 0 Å². The van der Waals surface area contributed by atoms with Crippen LogP contribution < -0.4 is 4.74 Å².